The number of halogens is 1. The summed E-state index contributed by atoms with van der Waals surface area (Å²) in [6.45, 7) is 7.90. The lowest BCUT2D eigenvalue weighted by Gasteiger charge is -2.40. The molecule has 2 N–H and O–H groups in total. The van der Waals surface area contributed by atoms with E-state index in [4.69, 9.17) is 22.1 Å². The fourth-order valence-corrected chi connectivity index (χ4v) is 2.81. The zero-order valence-electron chi connectivity index (χ0n) is 11.9. The lowest BCUT2D eigenvalue weighted by molar-refractivity contribution is 0.0300. The molecule has 106 valence electrons. The molecule has 19 heavy (non-hydrogen) atoms. The Bertz CT molecular complexity index is 436. The number of morpholine rings is 1. The Morgan fingerprint density at radius 1 is 1.53 bits per heavy atom. The lowest BCUT2D eigenvalue weighted by Crippen LogP contribution is -2.48. The van der Waals surface area contributed by atoms with E-state index in [-0.39, 0.29) is 12.1 Å². The minimum atomic E-state index is 0.0112. The van der Waals surface area contributed by atoms with Crippen LogP contribution in [0.1, 0.15) is 38.8 Å². The van der Waals surface area contributed by atoms with Crippen LogP contribution in [0.2, 0.25) is 5.02 Å². The van der Waals surface area contributed by atoms with Crippen molar-refractivity contribution < 1.29 is 4.74 Å². The highest BCUT2D eigenvalue weighted by Gasteiger charge is 2.27. The fraction of sp³-hybridized carbons (Fsp3) is 0.600. The van der Waals surface area contributed by atoms with E-state index in [1.807, 2.05) is 13.0 Å². The normalized spacial score (nSPS) is 25.4. The maximum atomic E-state index is 6.44. The Morgan fingerprint density at radius 3 is 2.84 bits per heavy atom. The summed E-state index contributed by atoms with van der Waals surface area (Å²) in [6, 6.07) is 6.54. The molecule has 1 saturated heterocycles. The van der Waals surface area contributed by atoms with Crippen LogP contribution < -0.4 is 10.6 Å². The molecule has 3 atom stereocenters. The first-order chi connectivity index (χ1) is 9.02. The molecule has 1 heterocycles. The summed E-state index contributed by atoms with van der Waals surface area (Å²) in [5.74, 6) is 0. The van der Waals surface area contributed by atoms with Gasteiger partial charge in [-0.05, 0) is 38.0 Å². The van der Waals surface area contributed by atoms with Crippen molar-refractivity contribution in [1.29, 1.82) is 0 Å². The molecule has 0 aromatic heterocycles. The van der Waals surface area contributed by atoms with Gasteiger partial charge in [0.25, 0.3) is 0 Å². The van der Waals surface area contributed by atoms with Crippen LogP contribution in [-0.4, -0.2) is 25.3 Å². The molecule has 0 bridgehead atoms. The molecule has 3 unspecified atom stereocenters. The zero-order chi connectivity index (χ0) is 14.0. The van der Waals surface area contributed by atoms with Crippen LogP contribution in [-0.2, 0) is 4.74 Å². The van der Waals surface area contributed by atoms with Gasteiger partial charge in [0.15, 0.2) is 0 Å². The van der Waals surface area contributed by atoms with Crippen molar-refractivity contribution in [2.75, 3.05) is 18.1 Å². The number of nitrogens with zero attached hydrogens (tertiary/aromatic N) is 1. The molecule has 0 saturated carbocycles. The van der Waals surface area contributed by atoms with E-state index in [1.165, 1.54) is 0 Å². The van der Waals surface area contributed by atoms with Gasteiger partial charge >= 0.3 is 0 Å². The molecule has 4 heteroatoms. The molecule has 0 spiro atoms. The Kier molecular flexibility index (Phi) is 4.71. The minimum Gasteiger partial charge on any atom is -0.375 e. The Morgan fingerprint density at radius 2 is 2.26 bits per heavy atom. The third-order valence-electron chi connectivity index (χ3n) is 3.75. The monoisotopic (exact) mass is 282 g/mol. The summed E-state index contributed by atoms with van der Waals surface area (Å²) in [6.07, 6.45) is 1.30. The van der Waals surface area contributed by atoms with Gasteiger partial charge in [0.2, 0.25) is 0 Å². The molecule has 3 nitrogen and oxygen atoms in total. The van der Waals surface area contributed by atoms with Gasteiger partial charge in [0, 0.05) is 12.6 Å². The molecular weight excluding hydrogens is 260 g/mol. The van der Waals surface area contributed by atoms with Crippen molar-refractivity contribution in [3.63, 3.8) is 0 Å². The average Bonchev–Trinajstić information content (AvgIpc) is 2.38. The van der Waals surface area contributed by atoms with Gasteiger partial charge in [-0.1, -0.05) is 24.6 Å². The molecule has 0 aliphatic carbocycles. The maximum Gasteiger partial charge on any atom is 0.0723 e. The second-order valence-electron chi connectivity index (χ2n) is 5.36. The van der Waals surface area contributed by atoms with Crippen LogP contribution >= 0.6 is 11.6 Å². The van der Waals surface area contributed by atoms with Gasteiger partial charge in [0.05, 0.1) is 29.5 Å². The minimum absolute atomic E-state index is 0.0112. The van der Waals surface area contributed by atoms with Gasteiger partial charge in [-0.2, -0.15) is 0 Å². The standard InChI is InChI=1S/C15H23ClN2O/c1-4-13-9-19-10(2)8-18(13)15-6-5-12(11(3)17)7-14(15)16/h5-7,10-11,13H,4,8-9,17H2,1-3H3. The summed E-state index contributed by atoms with van der Waals surface area (Å²) in [5.41, 5.74) is 8.06. The summed E-state index contributed by atoms with van der Waals surface area (Å²) in [7, 11) is 0. The lowest BCUT2D eigenvalue weighted by atomic mass is 10.1. The fourth-order valence-electron chi connectivity index (χ4n) is 2.52. The topological polar surface area (TPSA) is 38.5 Å². The molecule has 1 aliphatic rings. The quantitative estimate of drug-likeness (QED) is 0.924. The highest BCUT2D eigenvalue weighted by atomic mass is 35.5. The van der Waals surface area contributed by atoms with Gasteiger partial charge in [-0.25, -0.2) is 0 Å². The first-order valence-corrected chi connectivity index (χ1v) is 7.34. The van der Waals surface area contributed by atoms with Crippen LogP contribution in [0, 0.1) is 0 Å². The van der Waals surface area contributed by atoms with Crippen LogP contribution in [0.25, 0.3) is 0 Å². The number of ether oxygens (including phenoxy) is 1. The third-order valence-corrected chi connectivity index (χ3v) is 4.05. The van der Waals surface area contributed by atoms with Crippen LogP contribution in [0.4, 0.5) is 5.69 Å². The third kappa shape index (κ3) is 3.22. The smallest absolute Gasteiger partial charge is 0.0723 e. The molecule has 1 fully saturated rings. The second-order valence-corrected chi connectivity index (χ2v) is 5.77. The molecular formula is C15H23ClN2O. The first-order valence-electron chi connectivity index (χ1n) is 6.96. The van der Waals surface area contributed by atoms with Gasteiger partial charge in [0.1, 0.15) is 0 Å². The molecule has 0 radical (unpaired) electrons. The van der Waals surface area contributed by atoms with Crippen LogP contribution in [0.3, 0.4) is 0 Å². The van der Waals surface area contributed by atoms with Gasteiger partial charge in [-0.3, -0.25) is 0 Å². The van der Waals surface area contributed by atoms with Crippen molar-refractivity contribution in [3.8, 4) is 0 Å². The van der Waals surface area contributed by atoms with Gasteiger partial charge in [-0.15, -0.1) is 0 Å². The molecule has 1 aromatic rings. The van der Waals surface area contributed by atoms with Crippen molar-refractivity contribution in [2.45, 2.75) is 45.4 Å². The number of benzene rings is 1. The summed E-state index contributed by atoms with van der Waals surface area (Å²) >= 11 is 6.44. The van der Waals surface area contributed by atoms with Crippen molar-refractivity contribution >= 4 is 17.3 Å². The van der Waals surface area contributed by atoms with E-state index in [2.05, 4.69) is 30.9 Å². The second kappa shape index (κ2) is 6.12. The van der Waals surface area contributed by atoms with E-state index < -0.39 is 0 Å². The Hall–Kier alpha value is -0.770. The molecule has 1 aliphatic heterocycles. The number of hydrogen-bond donors (Lipinski definition) is 1. The van der Waals surface area contributed by atoms with E-state index >= 15 is 0 Å². The van der Waals surface area contributed by atoms with Crippen molar-refractivity contribution in [1.82, 2.24) is 0 Å². The van der Waals surface area contributed by atoms with Crippen LogP contribution in [0.15, 0.2) is 18.2 Å². The van der Waals surface area contributed by atoms with Crippen molar-refractivity contribution in [3.05, 3.63) is 28.8 Å². The maximum absolute atomic E-state index is 6.44. The van der Waals surface area contributed by atoms with E-state index in [0.29, 0.717) is 6.04 Å². The van der Waals surface area contributed by atoms with Gasteiger partial charge < -0.3 is 15.4 Å². The Balaban J connectivity index is 2.28. The summed E-state index contributed by atoms with van der Waals surface area (Å²) < 4.78 is 5.73. The number of nitrogens with two attached hydrogens (primary N) is 1. The van der Waals surface area contributed by atoms with Crippen molar-refractivity contribution in [2.24, 2.45) is 5.73 Å². The van der Waals surface area contributed by atoms with E-state index in [1.54, 1.807) is 0 Å². The largest absolute Gasteiger partial charge is 0.375 e. The van der Waals surface area contributed by atoms with Crippen LogP contribution in [0.5, 0.6) is 0 Å². The molecule has 1 aromatic carbocycles. The summed E-state index contributed by atoms with van der Waals surface area (Å²) in [4.78, 5) is 2.36. The van der Waals surface area contributed by atoms with E-state index in [9.17, 15) is 0 Å². The predicted octanol–water partition coefficient (Wildman–Crippen LogP) is 3.36. The number of rotatable bonds is 3. The number of hydrogen-bond acceptors (Lipinski definition) is 3. The predicted molar refractivity (Wildman–Crippen MR) is 80.9 cm³/mol. The number of anilines is 1. The molecule has 2 rings (SSSR count). The Labute approximate surface area is 120 Å². The SMILES string of the molecule is CCC1COC(C)CN1c1ccc(C(C)N)cc1Cl. The highest BCUT2D eigenvalue weighted by molar-refractivity contribution is 6.33. The summed E-state index contributed by atoms with van der Waals surface area (Å²) in [5, 5.41) is 0.780. The van der Waals surface area contributed by atoms with E-state index in [0.717, 1.165) is 35.8 Å². The average molecular weight is 283 g/mol. The first kappa shape index (κ1) is 14.6. The molecule has 0 amide bonds. The zero-order valence-corrected chi connectivity index (χ0v) is 12.7. The highest BCUT2D eigenvalue weighted by Crippen LogP contribution is 2.32.